The Hall–Kier alpha value is -2.12. The number of aromatic amines is 1. The molecule has 1 aromatic carbocycles. The minimum Gasteiger partial charge on any atom is -0.341 e. The van der Waals surface area contributed by atoms with E-state index in [2.05, 4.69) is 25.3 Å². The van der Waals surface area contributed by atoms with Crippen molar-refractivity contribution >= 4 is 46.1 Å². The lowest BCUT2D eigenvalue weighted by atomic mass is 10.3. The van der Waals surface area contributed by atoms with E-state index in [0.29, 0.717) is 21.4 Å². The minimum atomic E-state index is -0.117. The van der Waals surface area contributed by atoms with Gasteiger partial charge in [0.25, 0.3) is 0 Å². The Morgan fingerprint density at radius 1 is 1.24 bits per heavy atom. The number of halogens is 1. The van der Waals surface area contributed by atoms with Gasteiger partial charge >= 0.3 is 0 Å². The molecule has 0 atom stereocenters. The van der Waals surface area contributed by atoms with Crippen LogP contribution < -0.4 is 5.32 Å². The van der Waals surface area contributed by atoms with E-state index in [1.165, 1.54) is 18.1 Å². The Morgan fingerprint density at radius 3 is 2.86 bits per heavy atom. The molecule has 0 saturated carbocycles. The van der Waals surface area contributed by atoms with Crippen LogP contribution in [0, 0.1) is 0 Å². The zero-order valence-corrected chi connectivity index (χ0v) is 12.3. The van der Waals surface area contributed by atoms with Crippen molar-refractivity contribution in [3.8, 4) is 0 Å². The van der Waals surface area contributed by atoms with Crippen molar-refractivity contribution in [2.45, 2.75) is 5.03 Å². The Kier molecular flexibility index (Phi) is 4.03. The highest BCUT2D eigenvalue weighted by molar-refractivity contribution is 8.00. The lowest BCUT2D eigenvalue weighted by Crippen LogP contribution is -2.14. The van der Waals surface area contributed by atoms with Gasteiger partial charge in [-0.2, -0.15) is 0 Å². The van der Waals surface area contributed by atoms with Crippen LogP contribution in [-0.4, -0.2) is 31.6 Å². The molecule has 2 aromatic heterocycles. The van der Waals surface area contributed by atoms with Gasteiger partial charge in [-0.3, -0.25) is 4.79 Å². The van der Waals surface area contributed by atoms with Gasteiger partial charge < -0.3 is 10.3 Å². The molecule has 21 heavy (non-hydrogen) atoms. The summed E-state index contributed by atoms with van der Waals surface area (Å²) in [4.78, 5) is 27.1. The van der Waals surface area contributed by atoms with Crippen molar-refractivity contribution in [1.29, 1.82) is 0 Å². The van der Waals surface area contributed by atoms with Gasteiger partial charge in [0.1, 0.15) is 16.9 Å². The number of amides is 1. The Morgan fingerprint density at radius 2 is 2.05 bits per heavy atom. The number of carbonyl (C=O) groups is 1. The van der Waals surface area contributed by atoms with Gasteiger partial charge in [0.15, 0.2) is 5.65 Å². The van der Waals surface area contributed by atoms with Gasteiger partial charge in [-0.1, -0.05) is 23.4 Å². The van der Waals surface area contributed by atoms with Gasteiger partial charge in [-0.15, -0.1) is 0 Å². The molecule has 1 amide bonds. The van der Waals surface area contributed by atoms with Crippen LogP contribution >= 0.6 is 23.4 Å². The van der Waals surface area contributed by atoms with E-state index in [0.717, 1.165) is 5.52 Å². The number of nitrogens with one attached hydrogen (secondary N) is 2. The fraction of sp³-hybridized carbons (Fsp3) is 0.0769. The second-order valence-corrected chi connectivity index (χ2v) is 5.52. The highest BCUT2D eigenvalue weighted by atomic mass is 35.5. The Labute approximate surface area is 129 Å². The normalized spacial score (nSPS) is 10.7. The molecule has 0 saturated heterocycles. The number of thioether (sulfide) groups is 1. The molecule has 3 rings (SSSR count). The van der Waals surface area contributed by atoms with Crippen LogP contribution in [0.2, 0.25) is 5.02 Å². The maximum atomic E-state index is 11.9. The standard InChI is InChI=1S/C13H10ClN5OS/c14-8-1-3-9(4-2-8)19-10(20)5-21-13-11-12(16-6-15-11)17-7-18-13/h1-4,6-7H,5H2,(H,19,20)(H,15,16,17,18). The molecular weight excluding hydrogens is 310 g/mol. The topological polar surface area (TPSA) is 83.6 Å². The summed E-state index contributed by atoms with van der Waals surface area (Å²) in [6, 6.07) is 6.96. The summed E-state index contributed by atoms with van der Waals surface area (Å²) in [6.07, 6.45) is 2.99. The predicted octanol–water partition coefficient (Wildman–Crippen LogP) is 2.74. The summed E-state index contributed by atoms with van der Waals surface area (Å²) in [5.41, 5.74) is 2.03. The van der Waals surface area contributed by atoms with E-state index in [-0.39, 0.29) is 11.7 Å². The molecule has 0 spiro atoms. The number of hydrogen-bond acceptors (Lipinski definition) is 5. The quantitative estimate of drug-likeness (QED) is 0.570. The molecule has 8 heteroatoms. The molecular formula is C13H10ClN5OS. The molecule has 106 valence electrons. The molecule has 2 N–H and O–H groups in total. The first-order valence-corrected chi connectivity index (χ1v) is 7.41. The summed E-state index contributed by atoms with van der Waals surface area (Å²) < 4.78 is 0. The van der Waals surface area contributed by atoms with Crippen LogP contribution in [0.1, 0.15) is 0 Å². The Balaban J connectivity index is 1.63. The number of benzene rings is 1. The monoisotopic (exact) mass is 319 g/mol. The zero-order chi connectivity index (χ0) is 14.7. The first-order valence-electron chi connectivity index (χ1n) is 6.04. The number of imidazole rings is 1. The van der Waals surface area contributed by atoms with Crippen molar-refractivity contribution in [1.82, 2.24) is 19.9 Å². The van der Waals surface area contributed by atoms with E-state index < -0.39 is 0 Å². The van der Waals surface area contributed by atoms with Gasteiger partial charge in [0, 0.05) is 10.7 Å². The van der Waals surface area contributed by atoms with Gasteiger partial charge in [-0.05, 0) is 24.3 Å². The number of fused-ring (bicyclic) bond motifs is 1. The van der Waals surface area contributed by atoms with Crippen LogP contribution in [-0.2, 0) is 4.79 Å². The van der Waals surface area contributed by atoms with Crippen LogP contribution in [0.15, 0.2) is 41.9 Å². The van der Waals surface area contributed by atoms with Crippen LogP contribution in [0.3, 0.4) is 0 Å². The first kappa shape index (κ1) is 13.8. The summed E-state index contributed by atoms with van der Waals surface area (Å²) >= 11 is 7.12. The predicted molar refractivity (Wildman–Crippen MR) is 82.5 cm³/mol. The number of aromatic nitrogens is 4. The van der Waals surface area contributed by atoms with E-state index in [1.54, 1.807) is 30.6 Å². The number of H-pyrrole nitrogens is 1. The van der Waals surface area contributed by atoms with Crippen LogP contribution in [0.4, 0.5) is 5.69 Å². The molecule has 0 aliphatic carbocycles. The van der Waals surface area contributed by atoms with Crippen molar-refractivity contribution in [3.63, 3.8) is 0 Å². The van der Waals surface area contributed by atoms with Crippen molar-refractivity contribution in [3.05, 3.63) is 41.9 Å². The smallest absolute Gasteiger partial charge is 0.234 e. The third-order valence-corrected chi connectivity index (χ3v) is 3.90. The summed E-state index contributed by atoms with van der Waals surface area (Å²) in [7, 11) is 0. The SMILES string of the molecule is O=C(CSc1ncnc2nc[nH]c12)Nc1ccc(Cl)cc1. The molecule has 0 aliphatic rings. The molecule has 2 heterocycles. The van der Waals surface area contributed by atoms with Crippen molar-refractivity contribution < 1.29 is 4.79 Å². The molecule has 0 unspecified atom stereocenters. The molecule has 0 radical (unpaired) electrons. The van der Waals surface area contributed by atoms with E-state index >= 15 is 0 Å². The highest BCUT2D eigenvalue weighted by Crippen LogP contribution is 2.22. The fourth-order valence-corrected chi connectivity index (χ4v) is 2.60. The summed E-state index contributed by atoms with van der Waals surface area (Å²) in [5, 5.41) is 4.12. The first-order chi connectivity index (χ1) is 10.2. The van der Waals surface area contributed by atoms with E-state index in [4.69, 9.17) is 11.6 Å². The lowest BCUT2D eigenvalue weighted by Gasteiger charge is -2.05. The second-order valence-electron chi connectivity index (χ2n) is 4.12. The fourth-order valence-electron chi connectivity index (χ4n) is 1.72. The number of anilines is 1. The third kappa shape index (κ3) is 3.32. The van der Waals surface area contributed by atoms with Gasteiger partial charge in [0.2, 0.25) is 5.91 Å². The zero-order valence-electron chi connectivity index (χ0n) is 10.7. The molecule has 0 bridgehead atoms. The largest absolute Gasteiger partial charge is 0.341 e. The van der Waals surface area contributed by atoms with Crippen molar-refractivity contribution in [2.75, 3.05) is 11.1 Å². The number of rotatable bonds is 4. The molecule has 0 aliphatic heterocycles. The Bertz CT molecular complexity index is 774. The number of nitrogens with zero attached hydrogens (tertiary/aromatic N) is 3. The van der Waals surface area contributed by atoms with E-state index in [1.807, 2.05) is 0 Å². The number of carbonyl (C=O) groups excluding carboxylic acids is 1. The lowest BCUT2D eigenvalue weighted by molar-refractivity contribution is -0.113. The summed E-state index contributed by atoms with van der Waals surface area (Å²) in [5.74, 6) is 0.127. The maximum Gasteiger partial charge on any atom is 0.234 e. The van der Waals surface area contributed by atoms with Gasteiger partial charge in [0.05, 0.1) is 12.1 Å². The average Bonchev–Trinajstić information content (AvgIpc) is 2.96. The summed E-state index contributed by atoms with van der Waals surface area (Å²) in [6.45, 7) is 0. The van der Waals surface area contributed by atoms with Crippen LogP contribution in [0.5, 0.6) is 0 Å². The van der Waals surface area contributed by atoms with Gasteiger partial charge in [-0.25, -0.2) is 15.0 Å². The second kappa shape index (κ2) is 6.11. The molecule has 0 fully saturated rings. The van der Waals surface area contributed by atoms with E-state index in [9.17, 15) is 4.79 Å². The van der Waals surface area contributed by atoms with Crippen LogP contribution in [0.25, 0.3) is 11.2 Å². The average molecular weight is 320 g/mol. The maximum absolute atomic E-state index is 11.9. The van der Waals surface area contributed by atoms with Crippen molar-refractivity contribution in [2.24, 2.45) is 0 Å². The molecule has 6 nitrogen and oxygen atoms in total. The third-order valence-electron chi connectivity index (χ3n) is 2.66. The highest BCUT2D eigenvalue weighted by Gasteiger charge is 2.09. The minimum absolute atomic E-state index is 0.117. The molecule has 3 aromatic rings. The number of hydrogen-bond donors (Lipinski definition) is 2.